The standard InChI is InChI=1S/C16H16Cl2F3NO3/c1-2-25-15(24)12(7-10-3-4-11(17)8-13(10)18)14(23)5-6-22-9-16(19,20)21/h3-6,8,12,22H,2,7,9H2,1H3/b6-5+. The Labute approximate surface area is 152 Å². The second kappa shape index (κ2) is 9.68. The highest BCUT2D eigenvalue weighted by molar-refractivity contribution is 6.35. The molecule has 0 radical (unpaired) electrons. The van der Waals surface area contributed by atoms with Gasteiger partial charge in [0.15, 0.2) is 5.78 Å². The van der Waals surface area contributed by atoms with Crippen molar-refractivity contribution in [2.45, 2.75) is 19.5 Å². The summed E-state index contributed by atoms with van der Waals surface area (Å²) in [5.74, 6) is -2.69. The van der Waals surface area contributed by atoms with Crippen LogP contribution in [0.2, 0.25) is 10.0 Å². The monoisotopic (exact) mass is 397 g/mol. The Kier molecular flexibility index (Phi) is 8.25. The summed E-state index contributed by atoms with van der Waals surface area (Å²) in [5, 5.41) is 2.61. The average molecular weight is 398 g/mol. The summed E-state index contributed by atoms with van der Waals surface area (Å²) in [5.41, 5.74) is 0.495. The normalized spacial score (nSPS) is 12.9. The number of ether oxygens (including phenoxy) is 1. The maximum Gasteiger partial charge on any atom is 0.405 e. The lowest BCUT2D eigenvalue weighted by molar-refractivity contribution is -0.150. The van der Waals surface area contributed by atoms with E-state index in [-0.39, 0.29) is 18.1 Å². The van der Waals surface area contributed by atoms with Crippen LogP contribution in [0.25, 0.3) is 0 Å². The van der Waals surface area contributed by atoms with Crippen LogP contribution in [0, 0.1) is 5.92 Å². The molecule has 0 amide bonds. The molecule has 0 aliphatic rings. The quantitative estimate of drug-likeness (QED) is 0.409. The summed E-state index contributed by atoms with van der Waals surface area (Å²) >= 11 is 11.8. The molecule has 1 unspecified atom stereocenters. The number of carbonyl (C=O) groups is 2. The van der Waals surface area contributed by atoms with Gasteiger partial charge in [-0.3, -0.25) is 9.59 Å². The van der Waals surface area contributed by atoms with Crippen LogP contribution in [-0.4, -0.2) is 31.1 Å². The number of ketones is 1. The Morgan fingerprint density at radius 2 is 2.00 bits per heavy atom. The first-order chi connectivity index (χ1) is 11.6. The van der Waals surface area contributed by atoms with E-state index < -0.39 is 30.4 Å². The van der Waals surface area contributed by atoms with Gasteiger partial charge >= 0.3 is 12.1 Å². The summed E-state index contributed by atoms with van der Waals surface area (Å²) in [6.07, 6.45) is -2.75. The predicted molar refractivity (Wildman–Crippen MR) is 88.5 cm³/mol. The van der Waals surface area contributed by atoms with Crippen molar-refractivity contribution in [1.29, 1.82) is 0 Å². The van der Waals surface area contributed by atoms with E-state index in [4.69, 9.17) is 27.9 Å². The first-order valence-corrected chi connectivity index (χ1v) is 8.00. The molecule has 1 aromatic carbocycles. The molecular weight excluding hydrogens is 382 g/mol. The third-order valence-corrected chi connectivity index (χ3v) is 3.61. The molecule has 1 aromatic rings. The van der Waals surface area contributed by atoms with Gasteiger partial charge in [0.2, 0.25) is 0 Å². The molecule has 1 N–H and O–H groups in total. The Hall–Kier alpha value is -1.73. The van der Waals surface area contributed by atoms with Gasteiger partial charge < -0.3 is 10.1 Å². The topological polar surface area (TPSA) is 55.4 Å². The van der Waals surface area contributed by atoms with Crippen LogP contribution in [0.15, 0.2) is 30.5 Å². The van der Waals surface area contributed by atoms with Crippen molar-refractivity contribution in [2.24, 2.45) is 5.92 Å². The second-order valence-electron chi connectivity index (χ2n) is 4.98. The molecule has 1 rings (SSSR count). The maximum atomic E-state index is 12.2. The van der Waals surface area contributed by atoms with E-state index in [2.05, 4.69) is 0 Å². The van der Waals surface area contributed by atoms with E-state index in [0.717, 1.165) is 12.3 Å². The fourth-order valence-electron chi connectivity index (χ4n) is 1.88. The van der Waals surface area contributed by atoms with Crippen molar-refractivity contribution in [3.05, 3.63) is 46.1 Å². The Balaban J connectivity index is 2.87. The van der Waals surface area contributed by atoms with E-state index in [1.54, 1.807) is 19.1 Å². The molecule has 0 saturated carbocycles. The van der Waals surface area contributed by atoms with Gasteiger partial charge in [0, 0.05) is 16.2 Å². The SMILES string of the molecule is CCOC(=O)C(Cc1ccc(Cl)cc1Cl)C(=O)/C=C/NCC(F)(F)F. The highest BCUT2D eigenvalue weighted by Crippen LogP contribution is 2.24. The van der Waals surface area contributed by atoms with E-state index in [1.165, 1.54) is 6.07 Å². The van der Waals surface area contributed by atoms with Crippen molar-refractivity contribution >= 4 is 35.0 Å². The largest absolute Gasteiger partial charge is 0.465 e. The van der Waals surface area contributed by atoms with Gasteiger partial charge in [0.1, 0.15) is 12.5 Å². The molecule has 25 heavy (non-hydrogen) atoms. The molecule has 1 atom stereocenters. The molecule has 138 valence electrons. The second-order valence-corrected chi connectivity index (χ2v) is 5.82. The van der Waals surface area contributed by atoms with Gasteiger partial charge in [-0.25, -0.2) is 0 Å². The van der Waals surface area contributed by atoms with Crippen LogP contribution < -0.4 is 5.32 Å². The molecule has 9 heteroatoms. The first kappa shape index (κ1) is 21.3. The van der Waals surface area contributed by atoms with Gasteiger partial charge in [-0.15, -0.1) is 0 Å². The van der Waals surface area contributed by atoms with Crippen molar-refractivity contribution in [2.75, 3.05) is 13.2 Å². The lowest BCUT2D eigenvalue weighted by atomic mass is 9.95. The van der Waals surface area contributed by atoms with Crippen LogP contribution in [0.1, 0.15) is 12.5 Å². The number of esters is 1. The smallest absolute Gasteiger partial charge is 0.405 e. The van der Waals surface area contributed by atoms with Crippen LogP contribution in [-0.2, 0) is 20.7 Å². The van der Waals surface area contributed by atoms with Gasteiger partial charge in [0.25, 0.3) is 0 Å². The van der Waals surface area contributed by atoms with Crippen molar-refractivity contribution in [3.63, 3.8) is 0 Å². The number of rotatable bonds is 8. The highest BCUT2D eigenvalue weighted by atomic mass is 35.5. The molecular formula is C16H16Cl2F3NO3. The number of halogens is 5. The zero-order valence-electron chi connectivity index (χ0n) is 13.2. The Morgan fingerprint density at radius 3 is 2.56 bits per heavy atom. The molecule has 0 saturated heterocycles. The van der Waals surface area contributed by atoms with Crippen molar-refractivity contribution in [3.8, 4) is 0 Å². The van der Waals surface area contributed by atoms with Gasteiger partial charge in [-0.2, -0.15) is 13.2 Å². The van der Waals surface area contributed by atoms with Gasteiger partial charge in [-0.1, -0.05) is 29.3 Å². The van der Waals surface area contributed by atoms with Crippen LogP contribution in [0.3, 0.4) is 0 Å². The van der Waals surface area contributed by atoms with E-state index in [0.29, 0.717) is 10.6 Å². The van der Waals surface area contributed by atoms with Crippen molar-refractivity contribution < 1.29 is 27.5 Å². The third-order valence-electron chi connectivity index (χ3n) is 3.02. The van der Waals surface area contributed by atoms with Crippen LogP contribution in [0.4, 0.5) is 13.2 Å². The van der Waals surface area contributed by atoms with Crippen molar-refractivity contribution in [1.82, 2.24) is 5.32 Å². The number of hydrogen-bond acceptors (Lipinski definition) is 4. The zero-order chi connectivity index (χ0) is 19.0. The van der Waals surface area contributed by atoms with E-state index in [1.807, 2.05) is 5.32 Å². The lowest BCUT2D eigenvalue weighted by Gasteiger charge is -2.14. The number of benzene rings is 1. The predicted octanol–water partition coefficient (Wildman–Crippen LogP) is 3.95. The minimum absolute atomic E-state index is 0.0583. The molecule has 0 aromatic heterocycles. The first-order valence-electron chi connectivity index (χ1n) is 7.25. The molecule has 0 spiro atoms. The maximum absolute atomic E-state index is 12.2. The Morgan fingerprint density at radius 1 is 1.32 bits per heavy atom. The summed E-state index contributed by atoms with van der Waals surface area (Å²) in [6, 6.07) is 4.58. The molecule has 0 bridgehead atoms. The summed E-state index contributed by atoms with van der Waals surface area (Å²) in [7, 11) is 0. The summed E-state index contributed by atoms with van der Waals surface area (Å²) in [4.78, 5) is 24.2. The van der Waals surface area contributed by atoms with Crippen LogP contribution in [0.5, 0.6) is 0 Å². The summed E-state index contributed by atoms with van der Waals surface area (Å²) in [6.45, 7) is 0.353. The number of allylic oxidation sites excluding steroid dienone is 1. The fourth-order valence-corrected chi connectivity index (χ4v) is 2.37. The highest BCUT2D eigenvalue weighted by Gasteiger charge is 2.28. The molecule has 0 aliphatic heterocycles. The number of nitrogens with one attached hydrogen (secondary N) is 1. The number of carbonyl (C=O) groups excluding carboxylic acids is 2. The van der Waals surface area contributed by atoms with E-state index in [9.17, 15) is 22.8 Å². The molecule has 4 nitrogen and oxygen atoms in total. The molecule has 0 aliphatic carbocycles. The van der Waals surface area contributed by atoms with Crippen LogP contribution >= 0.6 is 23.2 Å². The zero-order valence-corrected chi connectivity index (χ0v) is 14.7. The fraction of sp³-hybridized carbons (Fsp3) is 0.375. The Bertz CT molecular complexity index is 648. The average Bonchev–Trinajstić information content (AvgIpc) is 2.50. The molecule has 0 heterocycles. The lowest BCUT2D eigenvalue weighted by Crippen LogP contribution is -2.28. The van der Waals surface area contributed by atoms with E-state index >= 15 is 0 Å². The third kappa shape index (κ3) is 7.79. The van der Waals surface area contributed by atoms with Gasteiger partial charge in [0.05, 0.1) is 6.61 Å². The molecule has 0 fully saturated rings. The van der Waals surface area contributed by atoms with Gasteiger partial charge in [-0.05, 0) is 37.1 Å². The number of hydrogen-bond donors (Lipinski definition) is 1. The number of alkyl halides is 3. The minimum atomic E-state index is -4.41. The summed E-state index contributed by atoms with van der Waals surface area (Å²) < 4.78 is 41.0. The minimum Gasteiger partial charge on any atom is -0.465 e.